The molecule has 0 aliphatic heterocycles. The van der Waals surface area contributed by atoms with Gasteiger partial charge in [0.05, 0.1) is 33.8 Å². The maximum Gasteiger partial charge on any atom is 0.203 e. The zero-order valence-corrected chi connectivity index (χ0v) is 82.7. The van der Waals surface area contributed by atoms with E-state index < -0.39 is 52.4 Å². The fourth-order valence-corrected chi connectivity index (χ4v) is 15.2. The molecule has 702 valence electrons. The molecule has 0 radical (unpaired) electrons. The molecule has 0 spiro atoms. The highest BCUT2D eigenvalue weighted by atomic mass is 16.3. The van der Waals surface area contributed by atoms with Crippen molar-refractivity contribution < 1.29 is 29.7 Å². The van der Waals surface area contributed by atoms with E-state index in [-0.39, 0.29) is 16.2 Å². The molecular weight excluding hydrogens is 1800 g/mol. The minimum Gasteiger partial charge on any atom is -0.376 e. The monoisotopic (exact) mass is 1890 g/mol. The number of carbonyl (C=O) groups excluding carboxylic acids is 3. The van der Waals surface area contributed by atoms with Gasteiger partial charge in [0.15, 0.2) is 0 Å². The van der Waals surface area contributed by atoms with Crippen LogP contribution in [0.15, 0.2) is 399 Å². The predicted octanol–water partition coefficient (Wildman–Crippen LogP) is 24.4. The highest BCUT2D eigenvalue weighted by Gasteiger charge is 2.39. The summed E-state index contributed by atoms with van der Waals surface area (Å²) in [7, 11) is 0. The van der Waals surface area contributed by atoms with Crippen molar-refractivity contribution in [3.8, 4) is 142 Å². The Morgan fingerprint density at radius 2 is 0.361 bits per heavy atom. The Balaban J connectivity index is 0.701. The largest absolute Gasteiger partial charge is 0.376 e. The van der Waals surface area contributed by atoms with Crippen molar-refractivity contribution in [1.29, 1.82) is 0 Å². The van der Waals surface area contributed by atoms with E-state index in [9.17, 15) is 15.3 Å². The van der Waals surface area contributed by atoms with Crippen molar-refractivity contribution >= 4 is 34.4 Å². The molecule has 0 aromatic heterocycles. The summed E-state index contributed by atoms with van der Waals surface area (Å²) in [6.07, 6.45) is -0.0121. The average molecular weight is 1900 g/mol. The first-order valence-electron chi connectivity index (χ1n) is 47.9. The molecule has 147 heavy (non-hydrogen) atoms. The van der Waals surface area contributed by atoms with Crippen LogP contribution < -0.4 is 16.0 Å². The van der Waals surface area contributed by atoms with E-state index >= 15 is 14.4 Å². The number of carbonyl (C=O) groups is 3. The van der Waals surface area contributed by atoms with Gasteiger partial charge in [-0.1, -0.05) is 368 Å². The van der Waals surface area contributed by atoms with Gasteiger partial charge >= 0.3 is 0 Å². The number of Topliss-reactive ketones (excluding diaryl/α,β-unsaturated/α-hetero) is 3. The number of anilines is 3. The van der Waals surface area contributed by atoms with Gasteiger partial charge in [-0.2, -0.15) is 0 Å². The summed E-state index contributed by atoms with van der Waals surface area (Å²) in [5, 5.41) is 45.4. The quantitative estimate of drug-likeness (QED) is 0.0472. The van der Waals surface area contributed by atoms with Gasteiger partial charge in [0.25, 0.3) is 0 Å². The summed E-state index contributed by atoms with van der Waals surface area (Å²) in [5.41, 5.74) is 18.4. The number of benzene rings is 15. The van der Waals surface area contributed by atoms with E-state index in [1.807, 2.05) is 309 Å². The lowest BCUT2D eigenvalue weighted by Crippen LogP contribution is -2.33. The Hall–Kier alpha value is -19.5. The molecule has 0 bridgehead atoms. The molecule has 0 saturated heterocycles. The number of hydrogen-bond acceptors (Lipinski definition) is 9. The van der Waals surface area contributed by atoms with E-state index in [1.54, 1.807) is 54.6 Å². The van der Waals surface area contributed by atoms with Crippen LogP contribution in [0.4, 0.5) is 17.1 Å². The Morgan fingerprint density at radius 1 is 0.197 bits per heavy atom. The van der Waals surface area contributed by atoms with E-state index in [0.29, 0.717) is 67.1 Å². The van der Waals surface area contributed by atoms with Gasteiger partial charge in [-0.3, -0.25) is 14.4 Å². The molecule has 1 fully saturated rings. The smallest absolute Gasteiger partial charge is 0.203 e. The van der Waals surface area contributed by atoms with E-state index in [2.05, 4.69) is 220 Å². The van der Waals surface area contributed by atoms with Crippen LogP contribution >= 0.6 is 0 Å². The summed E-state index contributed by atoms with van der Waals surface area (Å²) < 4.78 is 0. The second kappa shape index (κ2) is 47.2. The van der Waals surface area contributed by atoms with Crippen LogP contribution in [0.25, 0.3) is 0 Å². The Kier molecular flexibility index (Phi) is 32.3. The SMILES string of the molecule is CC(C)(C)c1ccc(NC=C2C(=O)C(=CNc3ccc(C(C)(C)C)cc3C#C[C@@H](O)c3ccc(C#Cc4cc(C#Cc5ccccc5)cc(C#Cc5ccccc5)c4)cc3)C(=O)C(=CNc3ccc(C(C)(C)C)cc3C#C[C@@H](O)c3ccc(C#Cc4cc(C#Cc5ccccc5)cc(C#Cc5ccccc5)c4)cc3)C2=O)c(C#C[C@@H](O)c2ccc(C#Cc3cc(C#Cc4ccccc4)cc(C#Cc4ccccc4)c3)cc2)c1. The molecule has 0 unspecified atom stereocenters. The normalized spacial score (nSPS) is 11.8. The van der Waals surface area contributed by atoms with Gasteiger partial charge in [0.2, 0.25) is 17.3 Å². The summed E-state index contributed by atoms with van der Waals surface area (Å²) in [6.45, 7) is 18.6. The topological polar surface area (TPSA) is 148 Å². The summed E-state index contributed by atoms with van der Waals surface area (Å²) in [4.78, 5) is 46.4. The van der Waals surface area contributed by atoms with Crippen molar-refractivity contribution in [2.45, 2.75) is 96.9 Å². The number of aliphatic hydroxyl groups is 3. The summed E-state index contributed by atoms with van der Waals surface area (Å²) in [5.74, 6) is 75.1. The van der Waals surface area contributed by atoms with Gasteiger partial charge in [-0.25, -0.2) is 0 Å². The summed E-state index contributed by atoms with van der Waals surface area (Å²) >= 11 is 0. The third kappa shape index (κ3) is 28.5. The molecule has 6 N–H and O–H groups in total. The van der Waals surface area contributed by atoms with Crippen LogP contribution in [0.2, 0.25) is 0 Å². The van der Waals surface area contributed by atoms with E-state index in [1.165, 1.54) is 18.6 Å². The second-order valence-electron chi connectivity index (χ2n) is 37.9. The lowest BCUT2D eigenvalue weighted by molar-refractivity contribution is -0.124. The van der Waals surface area contributed by atoms with Crippen LogP contribution in [-0.2, 0) is 30.6 Å². The first kappa shape index (κ1) is 101. The summed E-state index contributed by atoms with van der Waals surface area (Å²) in [6, 6.07) is 114. The number of aliphatic hydroxyl groups excluding tert-OH is 3. The lowest BCUT2D eigenvalue weighted by atomic mass is 9.83. The van der Waals surface area contributed by atoms with Crippen molar-refractivity contribution in [3.05, 3.63) is 550 Å². The molecule has 16 rings (SSSR count). The number of rotatable bonds is 9. The second-order valence-corrected chi connectivity index (χ2v) is 37.9. The van der Waals surface area contributed by atoms with Crippen LogP contribution in [0.1, 0.15) is 231 Å². The van der Waals surface area contributed by atoms with E-state index in [0.717, 1.165) is 100 Å². The van der Waals surface area contributed by atoms with Crippen molar-refractivity contribution in [2.75, 3.05) is 16.0 Å². The van der Waals surface area contributed by atoms with Gasteiger partial charge < -0.3 is 31.3 Å². The van der Waals surface area contributed by atoms with Gasteiger partial charge in [0, 0.05) is 135 Å². The Morgan fingerprint density at radius 3 is 0.531 bits per heavy atom. The lowest BCUT2D eigenvalue weighted by Gasteiger charge is -2.22. The highest BCUT2D eigenvalue weighted by Crippen LogP contribution is 2.34. The van der Waals surface area contributed by atoms with Crippen LogP contribution in [0.5, 0.6) is 0 Å². The third-order valence-corrected chi connectivity index (χ3v) is 23.6. The molecule has 15 aromatic carbocycles. The zero-order chi connectivity index (χ0) is 103. The Bertz CT molecular complexity index is 7490. The van der Waals surface area contributed by atoms with Crippen LogP contribution in [0.3, 0.4) is 0 Å². The standard InChI is InChI=1S/C138H99N3O6/c1-136(2,3)121-73-76-127(118(91-121)70-79-130(142)115-64-58-103(59-65-115)46-55-112-85-106(49-40-97-28-16-10-17-29-97)82-107(86-112)50-41-98-30-18-11-19-31-98)139-94-124-133(145)125(95-140-128-77-74-122(137(4,5)6)92-119(128)71-80-131(143)116-66-60-104(61-67-116)47-56-113-87-108(51-42-99-32-20-12-21-33-99)83-109(88-113)52-43-100-34-22-13-23-35-100)135(147)126(134(124)146)96-141-129-78-75-123(138(7,8)9)93-120(129)72-81-132(144)117-68-62-105(63-69-117)48-57-114-89-110(53-44-101-36-24-14-25-37-101)84-111(90-114)54-45-102-38-26-15-27-39-102/h10-39,58-69,73-78,82-96,130-132,139-144H,1-9H3/t130-,131-,132-/m1/s1. The molecule has 9 nitrogen and oxygen atoms in total. The van der Waals surface area contributed by atoms with Gasteiger partial charge in [-0.15, -0.1) is 0 Å². The molecule has 1 saturated carbocycles. The van der Waals surface area contributed by atoms with Crippen LogP contribution in [-0.4, -0.2) is 32.7 Å². The highest BCUT2D eigenvalue weighted by molar-refractivity contribution is 6.52. The number of ketones is 3. The molecule has 15 aromatic rings. The third-order valence-electron chi connectivity index (χ3n) is 23.6. The van der Waals surface area contributed by atoms with Crippen molar-refractivity contribution in [3.63, 3.8) is 0 Å². The predicted molar refractivity (Wildman–Crippen MR) is 592 cm³/mol. The molecule has 3 atom stereocenters. The molecule has 9 heteroatoms. The first-order chi connectivity index (χ1) is 71.1. The zero-order valence-electron chi connectivity index (χ0n) is 82.7. The molecule has 1 aliphatic carbocycles. The molecular formula is C138H99N3O6. The first-order valence-corrected chi connectivity index (χ1v) is 47.9. The molecule has 0 amide bonds. The Labute approximate surface area is 862 Å². The fourth-order valence-electron chi connectivity index (χ4n) is 15.2. The van der Waals surface area contributed by atoms with Crippen molar-refractivity contribution in [2.24, 2.45) is 0 Å². The average Bonchev–Trinajstić information content (AvgIpc) is 0.775. The number of nitrogens with one attached hydrogen (secondary N) is 3. The maximum atomic E-state index is 15.5. The van der Waals surface area contributed by atoms with E-state index in [4.69, 9.17) is 0 Å². The van der Waals surface area contributed by atoms with Gasteiger partial charge in [-0.05, 0) is 250 Å². The minimum absolute atomic E-state index is 0.377. The fraction of sp³-hybridized carbons (Fsp3) is 0.109. The maximum absolute atomic E-state index is 15.5. The van der Waals surface area contributed by atoms with Crippen molar-refractivity contribution in [1.82, 2.24) is 0 Å². The molecule has 0 heterocycles. The van der Waals surface area contributed by atoms with Crippen LogP contribution in [0, 0.1) is 142 Å². The number of hydrogen-bond donors (Lipinski definition) is 6. The molecule has 1 aliphatic rings. The minimum atomic E-state index is -1.28. The number of allylic oxidation sites excluding steroid dienone is 3. The van der Waals surface area contributed by atoms with Gasteiger partial charge in [0.1, 0.15) is 18.3 Å².